The van der Waals surface area contributed by atoms with Crippen LogP contribution in [-0.4, -0.2) is 68.9 Å². The molecule has 4 heterocycles. The number of aliphatic carboxylic acids is 2. The molecule has 0 spiro atoms. The zero-order chi connectivity index (χ0) is 26.4. The van der Waals surface area contributed by atoms with E-state index in [-0.39, 0.29) is 5.91 Å². The van der Waals surface area contributed by atoms with Gasteiger partial charge in [0.05, 0.1) is 11.7 Å². The number of carbonyl (C=O) groups excluding carboxylic acids is 1. The first-order valence-corrected chi connectivity index (χ1v) is 10.7. The van der Waals surface area contributed by atoms with Gasteiger partial charge in [-0.3, -0.25) is 14.7 Å². The van der Waals surface area contributed by atoms with Crippen LogP contribution in [0.5, 0.6) is 0 Å². The molecule has 0 saturated carbocycles. The van der Waals surface area contributed by atoms with Gasteiger partial charge in [0.1, 0.15) is 0 Å². The number of aromatic nitrogens is 1. The second-order valence-corrected chi connectivity index (χ2v) is 8.09. The summed E-state index contributed by atoms with van der Waals surface area (Å²) in [4.78, 5) is 38.8. The number of anilines is 1. The second-order valence-electron chi connectivity index (χ2n) is 7.31. The van der Waals surface area contributed by atoms with Gasteiger partial charge in [-0.1, -0.05) is 6.07 Å². The molecule has 2 atom stereocenters. The number of rotatable bonds is 3. The van der Waals surface area contributed by atoms with Crippen LogP contribution in [0.25, 0.3) is 0 Å². The van der Waals surface area contributed by atoms with E-state index in [0.717, 1.165) is 25.2 Å². The number of hydrogen-bond donors (Lipinski definition) is 2. The molecule has 4 rings (SSSR count). The van der Waals surface area contributed by atoms with Crippen molar-refractivity contribution < 1.29 is 50.9 Å². The highest BCUT2D eigenvalue weighted by molar-refractivity contribution is 7.08. The number of halogens is 6. The van der Waals surface area contributed by atoms with E-state index in [4.69, 9.17) is 19.8 Å². The second kappa shape index (κ2) is 11.5. The first-order chi connectivity index (χ1) is 16.2. The number of hydrogen-bond acceptors (Lipinski definition) is 6. The van der Waals surface area contributed by atoms with Crippen LogP contribution in [0.1, 0.15) is 18.4 Å². The molecule has 15 heteroatoms. The minimum atomic E-state index is -5.08. The zero-order valence-corrected chi connectivity index (χ0v) is 18.5. The van der Waals surface area contributed by atoms with Crippen molar-refractivity contribution in [3.8, 4) is 0 Å². The molecule has 2 fully saturated rings. The summed E-state index contributed by atoms with van der Waals surface area (Å²) in [7, 11) is 0. The first-order valence-electron chi connectivity index (χ1n) is 9.79. The van der Waals surface area contributed by atoms with Crippen molar-refractivity contribution in [2.75, 3.05) is 11.4 Å². The highest BCUT2D eigenvalue weighted by Crippen LogP contribution is 2.37. The molecule has 0 radical (unpaired) electrons. The number of pyridine rings is 1. The number of alkyl halides is 6. The average molecular weight is 527 g/mol. The summed E-state index contributed by atoms with van der Waals surface area (Å²) < 4.78 is 63.5. The number of amides is 1. The molecule has 8 nitrogen and oxygen atoms in total. The molecule has 2 saturated heterocycles. The number of thiophene rings is 1. The largest absolute Gasteiger partial charge is 0.490 e. The average Bonchev–Trinajstić information content (AvgIpc) is 3.47. The SMILES string of the molecule is O=C(O)C(F)(F)F.O=C(O)C(F)(F)F.O=C1C[C@@H]2[C@H](CCN2Cc2cccnc2)N1c1ccsc1. The Bertz CT molecular complexity index is 977. The third kappa shape index (κ3) is 7.92. The standard InChI is InChI=1S/C16H17N3OS.2C2HF3O2/c20-16-8-15-14(19(16)13-4-7-21-11-13)3-6-18(15)10-12-2-1-5-17-9-12;2*3-2(4,5)1(6)7/h1-2,4-5,7,9,11,14-15H,3,6,8,10H2;2*(H,6,7)/t14-,15+;;/m0../s1. The number of carboxylic acid groups (broad SMARTS) is 2. The smallest absolute Gasteiger partial charge is 0.475 e. The maximum atomic E-state index is 12.4. The van der Waals surface area contributed by atoms with Crippen molar-refractivity contribution in [1.82, 2.24) is 9.88 Å². The van der Waals surface area contributed by atoms with Gasteiger partial charge in [-0.15, -0.1) is 0 Å². The lowest BCUT2D eigenvalue weighted by atomic mass is 10.1. The quantitative estimate of drug-likeness (QED) is 0.585. The van der Waals surface area contributed by atoms with E-state index >= 15 is 0 Å². The maximum Gasteiger partial charge on any atom is 0.490 e. The minimum absolute atomic E-state index is 0.263. The summed E-state index contributed by atoms with van der Waals surface area (Å²) in [6.45, 7) is 1.94. The Morgan fingerprint density at radius 3 is 2.11 bits per heavy atom. The normalized spacial score (nSPS) is 19.8. The molecule has 0 aliphatic carbocycles. The fourth-order valence-electron chi connectivity index (χ4n) is 3.58. The van der Waals surface area contributed by atoms with Gasteiger partial charge in [-0.05, 0) is 29.5 Å². The van der Waals surface area contributed by atoms with Gasteiger partial charge in [0, 0.05) is 43.3 Å². The van der Waals surface area contributed by atoms with Gasteiger partial charge in [0.15, 0.2) is 0 Å². The van der Waals surface area contributed by atoms with Gasteiger partial charge < -0.3 is 15.1 Å². The predicted octanol–water partition coefficient (Wildman–Crippen LogP) is 3.79. The molecule has 2 aliphatic rings. The zero-order valence-electron chi connectivity index (χ0n) is 17.7. The molecule has 2 aliphatic heterocycles. The summed E-state index contributed by atoms with van der Waals surface area (Å²) in [5, 5.41) is 18.4. The topological polar surface area (TPSA) is 111 Å². The fourth-order valence-corrected chi connectivity index (χ4v) is 4.21. The molecule has 0 unspecified atom stereocenters. The van der Waals surface area contributed by atoms with E-state index in [9.17, 15) is 31.1 Å². The van der Waals surface area contributed by atoms with Gasteiger partial charge >= 0.3 is 24.3 Å². The third-order valence-corrected chi connectivity index (χ3v) is 5.66. The van der Waals surface area contributed by atoms with Crippen LogP contribution in [0.3, 0.4) is 0 Å². The highest BCUT2D eigenvalue weighted by Gasteiger charge is 2.47. The summed E-state index contributed by atoms with van der Waals surface area (Å²) in [5.41, 5.74) is 2.29. The van der Waals surface area contributed by atoms with Crippen LogP contribution in [0.15, 0.2) is 41.4 Å². The fraction of sp³-hybridized carbons (Fsp3) is 0.400. The lowest BCUT2D eigenvalue weighted by Gasteiger charge is -2.24. The summed E-state index contributed by atoms with van der Waals surface area (Å²) >= 11 is 1.65. The Balaban J connectivity index is 0.000000257. The Morgan fingerprint density at radius 2 is 1.66 bits per heavy atom. The van der Waals surface area contributed by atoms with Crippen molar-refractivity contribution in [3.63, 3.8) is 0 Å². The summed E-state index contributed by atoms with van der Waals surface area (Å²) in [6.07, 6.45) is -4.75. The number of carboxylic acids is 2. The molecule has 2 N–H and O–H groups in total. The maximum absolute atomic E-state index is 12.4. The van der Waals surface area contributed by atoms with Gasteiger partial charge in [0.2, 0.25) is 5.91 Å². The Kier molecular flexibility index (Phi) is 9.20. The predicted molar refractivity (Wildman–Crippen MR) is 111 cm³/mol. The highest BCUT2D eigenvalue weighted by atomic mass is 32.1. The van der Waals surface area contributed by atoms with Crippen molar-refractivity contribution >= 4 is 34.9 Å². The molecule has 0 bridgehead atoms. The van der Waals surface area contributed by atoms with E-state index in [1.165, 1.54) is 5.56 Å². The molecular formula is C20H19F6N3O5S. The Hall–Kier alpha value is -3.20. The molecule has 2 aromatic heterocycles. The minimum Gasteiger partial charge on any atom is -0.475 e. The van der Waals surface area contributed by atoms with Crippen molar-refractivity contribution in [3.05, 3.63) is 46.9 Å². The first kappa shape index (κ1) is 28.0. The monoisotopic (exact) mass is 527 g/mol. The van der Waals surface area contributed by atoms with Crippen LogP contribution in [0.2, 0.25) is 0 Å². The van der Waals surface area contributed by atoms with E-state index in [2.05, 4.69) is 27.4 Å². The molecular weight excluding hydrogens is 508 g/mol. The van der Waals surface area contributed by atoms with Crippen molar-refractivity contribution in [1.29, 1.82) is 0 Å². The van der Waals surface area contributed by atoms with Crippen LogP contribution >= 0.6 is 11.3 Å². The van der Waals surface area contributed by atoms with E-state index in [1.807, 2.05) is 22.5 Å². The van der Waals surface area contributed by atoms with E-state index in [1.54, 1.807) is 17.5 Å². The Morgan fingerprint density at radius 1 is 1.06 bits per heavy atom. The number of carbonyl (C=O) groups is 3. The van der Waals surface area contributed by atoms with E-state index < -0.39 is 24.3 Å². The van der Waals surface area contributed by atoms with Crippen LogP contribution in [0, 0.1) is 0 Å². The van der Waals surface area contributed by atoms with Gasteiger partial charge in [-0.2, -0.15) is 37.7 Å². The third-order valence-electron chi connectivity index (χ3n) is 4.99. The van der Waals surface area contributed by atoms with Crippen LogP contribution in [-0.2, 0) is 20.9 Å². The Labute approximate surface area is 198 Å². The summed E-state index contributed by atoms with van der Waals surface area (Å²) in [6, 6.07) is 6.81. The summed E-state index contributed by atoms with van der Waals surface area (Å²) in [5.74, 6) is -5.25. The lowest BCUT2D eigenvalue weighted by Crippen LogP contribution is -2.36. The molecule has 1 amide bonds. The molecule has 35 heavy (non-hydrogen) atoms. The number of likely N-dealkylation sites (tertiary alicyclic amines) is 1. The van der Waals surface area contributed by atoms with Crippen LogP contribution < -0.4 is 4.90 Å². The molecule has 192 valence electrons. The van der Waals surface area contributed by atoms with Crippen molar-refractivity contribution in [2.45, 2.75) is 43.8 Å². The number of fused-ring (bicyclic) bond motifs is 1. The van der Waals surface area contributed by atoms with Crippen molar-refractivity contribution in [2.24, 2.45) is 0 Å². The van der Waals surface area contributed by atoms with Gasteiger partial charge in [-0.25, -0.2) is 9.59 Å². The number of nitrogens with zero attached hydrogens (tertiary/aromatic N) is 3. The molecule has 0 aromatic carbocycles. The van der Waals surface area contributed by atoms with E-state index in [0.29, 0.717) is 18.5 Å². The van der Waals surface area contributed by atoms with Gasteiger partial charge in [0.25, 0.3) is 0 Å². The lowest BCUT2D eigenvalue weighted by molar-refractivity contribution is -0.193. The molecule has 2 aromatic rings. The van der Waals surface area contributed by atoms with Crippen LogP contribution in [0.4, 0.5) is 32.0 Å².